The molecule has 0 bridgehead atoms. The second-order valence-electron chi connectivity index (χ2n) is 6.34. The van der Waals surface area contributed by atoms with E-state index in [2.05, 4.69) is 0 Å². The molecule has 7 heteroatoms. The van der Waals surface area contributed by atoms with Crippen LogP contribution in [-0.2, 0) is 0 Å². The van der Waals surface area contributed by atoms with Gasteiger partial charge in [-0.3, -0.25) is 4.79 Å². The molecule has 1 amide bonds. The fourth-order valence-electron chi connectivity index (χ4n) is 3.04. The summed E-state index contributed by atoms with van der Waals surface area (Å²) in [7, 11) is 0. The Morgan fingerprint density at radius 3 is 2.38 bits per heavy atom. The fourth-order valence-corrected chi connectivity index (χ4v) is 3.04. The molecule has 138 valence electrons. The lowest BCUT2D eigenvalue weighted by Gasteiger charge is -2.37. The third-order valence-corrected chi connectivity index (χ3v) is 4.64. The third kappa shape index (κ3) is 3.58. The smallest absolute Gasteiger partial charge is 0.256 e. The number of carbonyl (C=O) groups excluding carboxylic acids is 1. The Labute approximate surface area is 147 Å². The van der Waals surface area contributed by atoms with E-state index in [9.17, 15) is 22.4 Å². The van der Waals surface area contributed by atoms with E-state index >= 15 is 0 Å². The van der Waals surface area contributed by atoms with Crippen LogP contribution in [0.2, 0.25) is 0 Å². The van der Waals surface area contributed by atoms with E-state index in [0.717, 1.165) is 11.0 Å². The van der Waals surface area contributed by atoms with E-state index in [1.165, 1.54) is 36.4 Å². The molecule has 2 aromatic rings. The molecule has 3 nitrogen and oxygen atoms in total. The van der Waals surface area contributed by atoms with Crippen LogP contribution in [-0.4, -0.2) is 41.5 Å². The Balaban J connectivity index is 1.81. The average Bonchev–Trinajstić information content (AvgIpc) is 2.61. The zero-order valence-electron chi connectivity index (χ0n) is 13.8. The largest absolute Gasteiger partial charge is 0.396 e. The van der Waals surface area contributed by atoms with Crippen LogP contribution >= 0.6 is 0 Å². The normalized spacial score (nSPS) is 19.4. The minimum atomic E-state index is -3.05. The molecular formula is C19H17F4NO2. The van der Waals surface area contributed by atoms with Crippen LogP contribution in [0.1, 0.15) is 16.8 Å². The van der Waals surface area contributed by atoms with Gasteiger partial charge in [0, 0.05) is 19.5 Å². The summed E-state index contributed by atoms with van der Waals surface area (Å²) in [6.45, 7) is -1.29. The zero-order valence-corrected chi connectivity index (χ0v) is 13.8. The lowest BCUT2D eigenvalue weighted by Crippen LogP contribution is -2.50. The molecule has 0 unspecified atom stereocenters. The van der Waals surface area contributed by atoms with E-state index in [0.29, 0.717) is 11.1 Å². The highest BCUT2D eigenvalue weighted by Crippen LogP contribution is 2.34. The molecule has 1 N–H and O–H groups in total. The van der Waals surface area contributed by atoms with Crippen molar-refractivity contribution in [1.29, 1.82) is 0 Å². The summed E-state index contributed by atoms with van der Waals surface area (Å²) in [6, 6.07) is 9.43. The zero-order chi connectivity index (χ0) is 18.9. The van der Waals surface area contributed by atoms with Crippen molar-refractivity contribution in [2.24, 2.45) is 5.92 Å². The first-order valence-electron chi connectivity index (χ1n) is 8.15. The van der Waals surface area contributed by atoms with Gasteiger partial charge in [-0.2, -0.15) is 0 Å². The van der Waals surface area contributed by atoms with Crippen LogP contribution in [0.25, 0.3) is 11.1 Å². The minimum absolute atomic E-state index is 0.207. The number of alkyl halides is 2. The van der Waals surface area contributed by atoms with Crippen LogP contribution in [0.3, 0.4) is 0 Å². The second kappa shape index (κ2) is 7.07. The SMILES string of the molecule is O=C(c1ccc(-c2ccc(F)cc2)cc1F)N1CCC(F)(F)[C@H](CO)C1. The maximum absolute atomic E-state index is 14.4. The number of benzene rings is 2. The highest BCUT2D eigenvalue weighted by Gasteiger charge is 2.45. The molecule has 0 aromatic heterocycles. The Morgan fingerprint density at radius 2 is 1.77 bits per heavy atom. The van der Waals surface area contributed by atoms with Gasteiger partial charge in [0.1, 0.15) is 11.6 Å². The van der Waals surface area contributed by atoms with Gasteiger partial charge in [0.05, 0.1) is 18.1 Å². The number of likely N-dealkylation sites (tertiary alicyclic amines) is 1. The number of aliphatic hydroxyl groups is 1. The van der Waals surface area contributed by atoms with Gasteiger partial charge < -0.3 is 10.0 Å². The van der Waals surface area contributed by atoms with E-state index in [4.69, 9.17) is 5.11 Å². The monoisotopic (exact) mass is 367 g/mol. The molecule has 1 aliphatic rings. The summed E-state index contributed by atoms with van der Waals surface area (Å²) in [6.07, 6.45) is -0.570. The average molecular weight is 367 g/mol. The number of nitrogens with zero attached hydrogens (tertiary/aromatic N) is 1. The summed E-state index contributed by atoms with van der Waals surface area (Å²) in [5.74, 6) is -6.30. The number of carbonyl (C=O) groups is 1. The first-order chi connectivity index (χ1) is 12.3. The van der Waals surface area contributed by atoms with E-state index in [1.54, 1.807) is 0 Å². The van der Waals surface area contributed by atoms with E-state index < -0.39 is 42.4 Å². The summed E-state index contributed by atoms with van der Waals surface area (Å²) in [5, 5.41) is 9.11. The first-order valence-corrected chi connectivity index (χ1v) is 8.15. The van der Waals surface area contributed by atoms with Crippen molar-refractivity contribution in [3.8, 4) is 11.1 Å². The Morgan fingerprint density at radius 1 is 1.12 bits per heavy atom. The van der Waals surface area contributed by atoms with E-state index in [-0.39, 0.29) is 18.7 Å². The van der Waals surface area contributed by atoms with Crippen LogP contribution < -0.4 is 0 Å². The standard InChI is InChI=1S/C19H17F4NO2/c20-15-4-1-12(2-5-15)13-3-6-16(17(21)9-13)18(26)24-8-7-19(22,23)14(10-24)11-25/h1-6,9,14,25H,7-8,10-11H2/t14-/m0/s1. The quantitative estimate of drug-likeness (QED) is 0.840. The van der Waals surface area contributed by atoms with Crippen molar-refractivity contribution in [2.75, 3.05) is 19.7 Å². The molecule has 1 fully saturated rings. The van der Waals surface area contributed by atoms with Gasteiger partial charge >= 0.3 is 0 Å². The molecule has 26 heavy (non-hydrogen) atoms. The van der Waals surface area contributed by atoms with Crippen molar-refractivity contribution in [2.45, 2.75) is 12.3 Å². The maximum atomic E-state index is 14.4. The molecule has 1 saturated heterocycles. The molecule has 0 radical (unpaired) electrons. The van der Waals surface area contributed by atoms with Crippen molar-refractivity contribution in [3.63, 3.8) is 0 Å². The van der Waals surface area contributed by atoms with Crippen molar-refractivity contribution >= 4 is 5.91 Å². The molecule has 3 rings (SSSR count). The number of aliphatic hydroxyl groups excluding tert-OH is 1. The summed E-state index contributed by atoms with van der Waals surface area (Å²) in [5.41, 5.74) is 0.831. The van der Waals surface area contributed by atoms with Crippen LogP contribution in [0.15, 0.2) is 42.5 Å². The summed E-state index contributed by atoms with van der Waals surface area (Å²) < 4.78 is 54.7. The number of rotatable bonds is 3. The molecule has 0 aliphatic carbocycles. The molecule has 0 saturated carbocycles. The molecule has 1 atom stereocenters. The maximum Gasteiger partial charge on any atom is 0.256 e. The Kier molecular flexibility index (Phi) is 5.00. The highest BCUT2D eigenvalue weighted by atomic mass is 19.3. The number of piperidine rings is 1. The fraction of sp³-hybridized carbons (Fsp3) is 0.316. The van der Waals surface area contributed by atoms with Gasteiger partial charge in [0.15, 0.2) is 0 Å². The Hall–Kier alpha value is -2.41. The molecule has 1 heterocycles. The lowest BCUT2D eigenvalue weighted by atomic mass is 9.93. The number of halogens is 4. The van der Waals surface area contributed by atoms with Crippen LogP contribution in [0.4, 0.5) is 17.6 Å². The van der Waals surface area contributed by atoms with Gasteiger partial charge in [0.2, 0.25) is 0 Å². The predicted octanol–water partition coefficient (Wildman–Crippen LogP) is 3.72. The summed E-state index contributed by atoms with van der Waals surface area (Å²) >= 11 is 0. The molecular weight excluding hydrogens is 350 g/mol. The van der Waals surface area contributed by atoms with Gasteiger partial charge in [-0.05, 0) is 35.4 Å². The van der Waals surface area contributed by atoms with Crippen molar-refractivity contribution in [3.05, 3.63) is 59.7 Å². The van der Waals surface area contributed by atoms with Crippen molar-refractivity contribution < 1.29 is 27.5 Å². The van der Waals surface area contributed by atoms with E-state index in [1.807, 2.05) is 0 Å². The second-order valence-corrected chi connectivity index (χ2v) is 6.34. The number of hydrogen-bond donors (Lipinski definition) is 1. The molecule has 2 aromatic carbocycles. The van der Waals surface area contributed by atoms with Gasteiger partial charge in [0.25, 0.3) is 11.8 Å². The molecule has 0 spiro atoms. The Bertz CT molecular complexity index is 808. The van der Waals surface area contributed by atoms with Crippen molar-refractivity contribution in [1.82, 2.24) is 4.90 Å². The van der Waals surface area contributed by atoms with Gasteiger partial charge in [-0.1, -0.05) is 18.2 Å². The van der Waals surface area contributed by atoms with Gasteiger partial charge in [-0.25, -0.2) is 17.6 Å². The first kappa shape index (κ1) is 18.4. The third-order valence-electron chi connectivity index (χ3n) is 4.64. The highest BCUT2D eigenvalue weighted by molar-refractivity contribution is 5.95. The minimum Gasteiger partial charge on any atom is -0.396 e. The number of amides is 1. The predicted molar refractivity (Wildman–Crippen MR) is 87.8 cm³/mol. The molecule has 1 aliphatic heterocycles. The van der Waals surface area contributed by atoms with Gasteiger partial charge in [-0.15, -0.1) is 0 Å². The topological polar surface area (TPSA) is 40.5 Å². The van der Waals surface area contributed by atoms with Crippen LogP contribution in [0, 0.1) is 17.6 Å². The summed E-state index contributed by atoms with van der Waals surface area (Å²) in [4.78, 5) is 13.6. The van der Waals surface area contributed by atoms with Crippen LogP contribution in [0.5, 0.6) is 0 Å². The number of hydrogen-bond acceptors (Lipinski definition) is 2. The lowest BCUT2D eigenvalue weighted by molar-refractivity contribution is -0.113.